The molecule has 0 spiro atoms. The lowest BCUT2D eigenvalue weighted by Gasteiger charge is -2.05. The summed E-state index contributed by atoms with van der Waals surface area (Å²) in [6.07, 6.45) is 1.50. The summed E-state index contributed by atoms with van der Waals surface area (Å²) < 4.78 is 6.15. The Morgan fingerprint density at radius 1 is 1.32 bits per heavy atom. The number of carbonyl (C=O) groups excluding carboxylic acids is 1. The Morgan fingerprint density at radius 3 is 2.93 bits per heavy atom. The summed E-state index contributed by atoms with van der Waals surface area (Å²) in [5.74, 6) is 0.448. The van der Waals surface area contributed by atoms with Crippen molar-refractivity contribution in [2.24, 2.45) is 5.10 Å². The molecule has 0 radical (unpaired) electrons. The Balaban J connectivity index is 1.49. The van der Waals surface area contributed by atoms with Crippen LogP contribution < -0.4 is 10.2 Å². The molecule has 0 unspecified atom stereocenters. The summed E-state index contributed by atoms with van der Waals surface area (Å²) in [6, 6.07) is 14.8. The van der Waals surface area contributed by atoms with E-state index in [9.17, 15) is 9.90 Å². The third kappa shape index (κ3) is 5.58. The van der Waals surface area contributed by atoms with Crippen LogP contribution in [-0.4, -0.2) is 34.6 Å². The maximum absolute atomic E-state index is 12.0. The zero-order chi connectivity index (χ0) is 19.8. The second kappa shape index (κ2) is 9.91. The highest BCUT2D eigenvalue weighted by atomic mass is 32.2. The number of aromatic hydroxyl groups is 1. The van der Waals surface area contributed by atoms with E-state index in [1.807, 2.05) is 42.6 Å². The van der Waals surface area contributed by atoms with Gasteiger partial charge in [0.05, 0.1) is 24.3 Å². The highest BCUT2D eigenvalue weighted by molar-refractivity contribution is 8.01. The molecule has 2 aromatic carbocycles. The number of thiazole rings is 1. The standard InChI is InChI=1S/C20H19N3O3S2/c1-2-26-18-10-14(8-9-17(18)24)11-21-23-19(25)13-28-20-22-16(12-27-20)15-6-4-3-5-7-15/h3-12,24H,2,13H2,1H3,(H,23,25)/b21-11+. The van der Waals surface area contributed by atoms with Gasteiger partial charge in [-0.1, -0.05) is 42.1 Å². The van der Waals surface area contributed by atoms with E-state index in [0.717, 1.165) is 15.6 Å². The first kappa shape index (κ1) is 19.9. The highest BCUT2D eigenvalue weighted by Gasteiger charge is 2.08. The SMILES string of the molecule is CCOc1cc(/C=N/NC(=O)CSc2nc(-c3ccccc3)cs2)ccc1O. The molecule has 0 atom stereocenters. The number of nitrogens with zero attached hydrogens (tertiary/aromatic N) is 2. The van der Waals surface area contributed by atoms with Crippen molar-refractivity contribution in [3.05, 3.63) is 59.5 Å². The van der Waals surface area contributed by atoms with Crippen LogP contribution in [-0.2, 0) is 4.79 Å². The molecule has 3 aromatic rings. The van der Waals surface area contributed by atoms with Gasteiger partial charge in [0.2, 0.25) is 0 Å². The Labute approximate surface area is 171 Å². The third-order valence-electron chi connectivity index (χ3n) is 3.57. The van der Waals surface area contributed by atoms with Gasteiger partial charge < -0.3 is 9.84 Å². The van der Waals surface area contributed by atoms with Crippen LogP contribution >= 0.6 is 23.1 Å². The molecule has 3 rings (SSSR count). The van der Waals surface area contributed by atoms with Crippen molar-refractivity contribution >= 4 is 35.2 Å². The van der Waals surface area contributed by atoms with E-state index in [0.29, 0.717) is 17.9 Å². The molecule has 0 bridgehead atoms. The number of nitrogens with one attached hydrogen (secondary N) is 1. The number of amides is 1. The number of aromatic nitrogens is 1. The average Bonchev–Trinajstić information content (AvgIpc) is 3.19. The number of carbonyl (C=O) groups is 1. The molecule has 1 heterocycles. The molecular formula is C20H19N3O3S2. The molecular weight excluding hydrogens is 394 g/mol. The van der Waals surface area contributed by atoms with E-state index in [-0.39, 0.29) is 17.4 Å². The number of hydrogen-bond donors (Lipinski definition) is 2. The molecule has 2 N–H and O–H groups in total. The summed E-state index contributed by atoms with van der Waals surface area (Å²) in [7, 11) is 0. The predicted molar refractivity (Wildman–Crippen MR) is 113 cm³/mol. The number of rotatable bonds is 8. The van der Waals surface area contributed by atoms with Gasteiger partial charge in [0.15, 0.2) is 15.8 Å². The minimum Gasteiger partial charge on any atom is -0.504 e. The Kier molecular flexibility index (Phi) is 7.05. The lowest BCUT2D eigenvalue weighted by Crippen LogP contribution is -2.19. The van der Waals surface area contributed by atoms with E-state index in [1.54, 1.807) is 12.1 Å². The number of phenols is 1. The minimum absolute atomic E-state index is 0.0674. The zero-order valence-corrected chi connectivity index (χ0v) is 16.8. The summed E-state index contributed by atoms with van der Waals surface area (Å²) in [5, 5.41) is 15.6. The second-order valence-electron chi connectivity index (χ2n) is 5.61. The van der Waals surface area contributed by atoms with Crippen LogP contribution in [0.2, 0.25) is 0 Å². The fourth-order valence-corrected chi connectivity index (χ4v) is 3.91. The Morgan fingerprint density at radius 2 is 2.14 bits per heavy atom. The summed E-state index contributed by atoms with van der Waals surface area (Å²) in [4.78, 5) is 16.5. The van der Waals surface area contributed by atoms with Crippen molar-refractivity contribution < 1.29 is 14.6 Å². The van der Waals surface area contributed by atoms with Gasteiger partial charge in [-0.2, -0.15) is 5.10 Å². The molecule has 6 nitrogen and oxygen atoms in total. The highest BCUT2D eigenvalue weighted by Crippen LogP contribution is 2.28. The third-order valence-corrected chi connectivity index (χ3v) is 5.59. The molecule has 28 heavy (non-hydrogen) atoms. The van der Waals surface area contributed by atoms with E-state index >= 15 is 0 Å². The number of hydrogen-bond acceptors (Lipinski definition) is 7. The molecule has 0 aliphatic heterocycles. The van der Waals surface area contributed by atoms with Crippen molar-refractivity contribution in [1.29, 1.82) is 0 Å². The van der Waals surface area contributed by atoms with E-state index in [1.165, 1.54) is 35.4 Å². The first-order valence-corrected chi connectivity index (χ1v) is 10.4. The summed E-state index contributed by atoms with van der Waals surface area (Å²) >= 11 is 2.88. The van der Waals surface area contributed by atoms with Crippen molar-refractivity contribution in [2.75, 3.05) is 12.4 Å². The second-order valence-corrected chi connectivity index (χ2v) is 7.69. The average molecular weight is 414 g/mol. The molecule has 144 valence electrons. The van der Waals surface area contributed by atoms with Gasteiger partial charge in [-0.25, -0.2) is 10.4 Å². The summed E-state index contributed by atoms with van der Waals surface area (Å²) in [6.45, 7) is 2.29. The smallest absolute Gasteiger partial charge is 0.250 e. The van der Waals surface area contributed by atoms with Crippen molar-refractivity contribution in [3.63, 3.8) is 0 Å². The van der Waals surface area contributed by atoms with Gasteiger partial charge in [-0.05, 0) is 30.7 Å². The quantitative estimate of drug-likeness (QED) is 0.329. The van der Waals surface area contributed by atoms with E-state index in [2.05, 4.69) is 15.5 Å². The molecule has 0 saturated heterocycles. The lowest BCUT2D eigenvalue weighted by molar-refractivity contribution is -0.118. The van der Waals surface area contributed by atoms with Gasteiger partial charge in [0.1, 0.15) is 0 Å². The maximum atomic E-state index is 12.0. The molecule has 0 aliphatic carbocycles. The molecule has 0 fully saturated rings. The van der Waals surface area contributed by atoms with Crippen LogP contribution in [0.25, 0.3) is 11.3 Å². The first-order chi connectivity index (χ1) is 13.7. The van der Waals surface area contributed by atoms with Gasteiger partial charge in [-0.3, -0.25) is 4.79 Å². The van der Waals surface area contributed by atoms with E-state index in [4.69, 9.17) is 4.74 Å². The molecule has 0 saturated carbocycles. The number of thioether (sulfide) groups is 1. The van der Waals surface area contributed by atoms with Crippen LogP contribution in [0.15, 0.2) is 63.4 Å². The lowest BCUT2D eigenvalue weighted by atomic mass is 10.2. The molecule has 1 amide bonds. The fraction of sp³-hybridized carbons (Fsp3) is 0.150. The number of hydrazone groups is 1. The summed E-state index contributed by atoms with van der Waals surface area (Å²) in [5.41, 5.74) is 5.16. The van der Waals surface area contributed by atoms with E-state index < -0.39 is 0 Å². The Hall–Kier alpha value is -2.84. The van der Waals surface area contributed by atoms with Crippen molar-refractivity contribution in [1.82, 2.24) is 10.4 Å². The van der Waals surface area contributed by atoms with Crippen LogP contribution in [0.3, 0.4) is 0 Å². The van der Waals surface area contributed by atoms with Crippen molar-refractivity contribution in [3.8, 4) is 22.8 Å². The Bertz CT molecular complexity index is 958. The first-order valence-electron chi connectivity index (χ1n) is 8.57. The minimum atomic E-state index is -0.221. The topological polar surface area (TPSA) is 83.8 Å². The number of phenolic OH excluding ortho intramolecular Hbond substituents is 1. The van der Waals surface area contributed by atoms with Crippen molar-refractivity contribution in [2.45, 2.75) is 11.3 Å². The van der Waals surface area contributed by atoms with Gasteiger partial charge >= 0.3 is 0 Å². The molecule has 1 aromatic heterocycles. The fourth-order valence-electron chi connectivity index (χ4n) is 2.29. The number of benzene rings is 2. The van der Waals surface area contributed by atoms with Crippen LogP contribution in [0.4, 0.5) is 0 Å². The zero-order valence-electron chi connectivity index (χ0n) is 15.2. The molecule has 8 heteroatoms. The van der Waals surface area contributed by atoms with Gasteiger partial charge in [0.25, 0.3) is 5.91 Å². The number of ether oxygens (including phenoxy) is 1. The monoisotopic (exact) mass is 413 g/mol. The van der Waals surface area contributed by atoms with Crippen LogP contribution in [0, 0.1) is 0 Å². The van der Waals surface area contributed by atoms with Crippen LogP contribution in [0.5, 0.6) is 11.5 Å². The maximum Gasteiger partial charge on any atom is 0.250 e. The van der Waals surface area contributed by atoms with Gasteiger partial charge in [-0.15, -0.1) is 11.3 Å². The predicted octanol–water partition coefficient (Wildman–Crippen LogP) is 4.16. The largest absolute Gasteiger partial charge is 0.504 e. The van der Waals surface area contributed by atoms with Crippen LogP contribution in [0.1, 0.15) is 12.5 Å². The molecule has 0 aliphatic rings. The normalized spacial score (nSPS) is 10.9. The van der Waals surface area contributed by atoms with Gasteiger partial charge in [0, 0.05) is 10.9 Å².